The molecule has 1 aromatic rings. The van der Waals surface area contributed by atoms with Gasteiger partial charge in [-0.2, -0.15) is 4.98 Å². The lowest BCUT2D eigenvalue weighted by Gasteiger charge is -2.20. The molecule has 1 atom stereocenters. The maximum atomic E-state index is 5.61. The second kappa shape index (κ2) is 5.23. The van der Waals surface area contributed by atoms with Crippen LogP contribution in [-0.2, 0) is 17.7 Å². The average molecular weight is 211 g/mol. The zero-order chi connectivity index (χ0) is 10.5. The second-order valence-electron chi connectivity index (χ2n) is 3.83. The third-order valence-electron chi connectivity index (χ3n) is 2.52. The summed E-state index contributed by atoms with van der Waals surface area (Å²) < 4.78 is 10.7. The Hall–Kier alpha value is -0.940. The molecule has 1 N–H and O–H groups in total. The summed E-state index contributed by atoms with van der Waals surface area (Å²) in [5.74, 6) is 1.40. The fraction of sp³-hybridized carbons (Fsp3) is 0.800. The normalized spacial score (nSPS) is 21.8. The molecule has 0 bridgehead atoms. The van der Waals surface area contributed by atoms with Crippen molar-refractivity contribution in [2.24, 2.45) is 0 Å². The second-order valence-corrected chi connectivity index (χ2v) is 3.83. The summed E-state index contributed by atoms with van der Waals surface area (Å²) in [6.07, 6.45) is 4.52. The van der Waals surface area contributed by atoms with Crippen LogP contribution in [0.3, 0.4) is 0 Å². The smallest absolute Gasteiger partial charge is 0.229 e. The van der Waals surface area contributed by atoms with Gasteiger partial charge in [-0.1, -0.05) is 5.16 Å². The molecule has 5 nitrogen and oxygen atoms in total. The Bertz CT molecular complexity index is 295. The van der Waals surface area contributed by atoms with Gasteiger partial charge in [-0.05, 0) is 26.3 Å². The SMILES string of the molecule is CNCc1noc(CC2CCCCO2)n1. The van der Waals surface area contributed by atoms with Crippen molar-refractivity contribution < 1.29 is 9.26 Å². The van der Waals surface area contributed by atoms with Gasteiger partial charge in [0, 0.05) is 6.61 Å². The highest BCUT2D eigenvalue weighted by Gasteiger charge is 2.17. The maximum absolute atomic E-state index is 5.61. The Balaban J connectivity index is 1.86. The number of hydrogen-bond donors (Lipinski definition) is 1. The standard InChI is InChI=1S/C10H17N3O2/c1-11-7-9-12-10(15-13-9)6-8-4-2-3-5-14-8/h8,11H,2-7H2,1H3. The minimum absolute atomic E-state index is 0.265. The van der Waals surface area contributed by atoms with E-state index in [1.54, 1.807) is 0 Å². The quantitative estimate of drug-likeness (QED) is 0.801. The highest BCUT2D eigenvalue weighted by atomic mass is 16.5. The molecule has 2 heterocycles. The molecule has 1 fully saturated rings. The van der Waals surface area contributed by atoms with Gasteiger partial charge in [0.1, 0.15) is 0 Å². The molecule has 0 saturated carbocycles. The van der Waals surface area contributed by atoms with E-state index in [1.165, 1.54) is 12.8 Å². The van der Waals surface area contributed by atoms with Gasteiger partial charge in [-0.15, -0.1) is 0 Å². The number of nitrogens with one attached hydrogen (secondary N) is 1. The van der Waals surface area contributed by atoms with Gasteiger partial charge < -0.3 is 14.6 Å². The summed E-state index contributed by atoms with van der Waals surface area (Å²) >= 11 is 0. The number of nitrogens with zero attached hydrogens (tertiary/aromatic N) is 2. The third-order valence-corrected chi connectivity index (χ3v) is 2.52. The Morgan fingerprint density at radius 2 is 2.40 bits per heavy atom. The number of ether oxygens (including phenoxy) is 1. The number of aromatic nitrogens is 2. The van der Waals surface area contributed by atoms with Crippen molar-refractivity contribution in [3.63, 3.8) is 0 Å². The van der Waals surface area contributed by atoms with E-state index in [9.17, 15) is 0 Å². The van der Waals surface area contributed by atoms with E-state index in [0.29, 0.717) is 18.3 Å². The van der Waals surface area contributed by atoms with Crippen molar-refractivity contribution in [1.29, 1.82) is 0 Å². The molecular weight excluding hydrogens is 194 g/mol. The first-order valence-corrected chi connectivity index (χ1v) is 5.46. The van der Waals surface area contributed by atoms with Crippen LogP contribution < -0.4 is 5.32 Å². The average Bonchev–Trinajstić information content (AvgIpc) is 2.68. The molecule has 0 spiro atoms. The van der Waals surface area contributed by atoms with Crippen LogP contribution in [0.1, 0.15) is 31.0 Å². The lowest BCUT2D eigenvalue weighted by atomic mass is 10.1. The van der Waals surface area contributed by atoms with Crippen LogP contribution in [0, 0.1) is 0 Å². The molecule has 0 amide bonds. The first kappa shape index (κ1) is 10.6. The van der Waals surface area contributed by atoms with Crippen molar-refractivity contribution in [2.45, 2.75) is 38.3 Å². The molecule has 1 saturated heterocycles. The molecule has 1 aliphatic heterocycles. The minimum Gasteiger partial charge on any atom is -0.378 e. The largest absolute Gasteiger partial charge is 0.378 e. The van der Waals surface area contributed by atoms with Crippen LogP contribution in [0.25, 0.3) is 0 Å². The van der Waals surface area contributed by atoms with E-state index >= 15 is 0 Å². The Morgan fingerprint density at radius 3 is 3.13 bits per heavy atom. The zero-order valence-corrected chi connectivity index (χ0v) is 9.03. The van der Waals surface area contributed by atoms with Gasteiger partial charge >= 0.3 is 0 Å². The highest BCUT2D eigenvalue weighted by Crippen LogP contribution is 2.16. The molecule has 0 aliphatic carbocycles. The van der Waals surface area contributed by atoms with Gasteiger partial charge in [0.2, 0.25) is 5.89 Å². The fourth-order valence-electron chi connectivity index (χ4n) is 1.77. The molecule has 1 aromatic heterocycles. The number of hydrogen-bond acceptors (Lipinski definition) is 5. The molecular formula is C10H17N3O2. The van der Waals surface area contributed by atoms with Gasteiger partial charge in [-0.3, -0.25) is 0 Å². The van der Waals surface area contributed by atoms with Gasteiger partial charge in [0.25, 0.3) is 0 Å². The topological polar surface area (TPSA) is 60.2 Å². The van der Waals surface area contributed by atoms with Crippen LogP contribution in [0.4, 0.5) is 0 Å². The summed E-state index contributed by atoms with van der Waals surface area (Å²) in [7, 11) is 1.86. The first-order chi connectivity index (χ1) is 7.38. The van der Waals surface area contributed by atoms with E-state index in [4.69, 9.17) is 9.26 Å². The van der Waals surface area contributed by atoms with Crippen LogP contribution >= 0.6 is 0 Å². The van der Waals surface area contributed by atoms with E-state index in [1.807, 2.05) is 7.05 Å². The van der Waals surface area contributed by atoms with Crippen LogP contribution in [0.2, 0.25) is 0 Å². The molecule has 15 heavy (non-hydrogen) atoms. The summed E-state index contributed by atoms with van der Waals surface area (Å²) in [6.45, 7) is 1.51. The summed E-state index contributed by atoms with van der Waals surface area (Å²) in [5, 5.41) is 6.85. The van der Waals surface area contributed by atoms with Crippen LogP contribution in [0.5, 0.6) is 0 Å². The van der Waals surface area contributed by atoms with E-state index < -0.39 is 0 Å². The lowest BCUT2D eigenvalue weighted by Crippen LogP contribution is -2.21. The number of rotatable bonds is 4. The Labute approximate surface area is 89.2 Å². The summed E-state index contributed by atoms with van der Waals surface area (Å²) in [5.41, 5.74) is 0. The predicted octanol–water partition coefficient (Wildman–Crippen LogP) is 0.901. The van der Waals surface area contributed by atoms with Crippen molar-refractivity contribution in [3.8, 4) is 0 Å². The Kier molecular flexibility index (Phi) is 3.69. The van der Waals surface area contributed by atoms with Crippen LogP contribution in [0.15, 0.2) is 4.52 Å². The Morgan fingerprint density at radius 1 is 1.47 bits per heavy atom. The van der Waals surface area contributed by atoms with Gasteiger partial charge in [0.05, 0.1) is 19.1 Å². The van der Waals surface area contributed by atoms with Crippen molar-refractivity contribution in [2.75, 3.05) is 13.7 Å². The molecule has 2 rings (SSSR count). The molecule has 1 unspecified atom stereocenters. The lowest BCUT2D eigenvalue weighted by molar-refractivity contribution is 0.0124. The van der Waals surface area contributed by atoms with Crippen molar-refractivity contribution in [3.05, 3.63) is 11.7 Å². The molecule has 0 radical (unpaired) electrons. The first-order valence-electron chi connectivity index (χ1n) is 5.46. The fourth-order valence-corrected chi connectivity index (χ4v) is 1.77. The third kappa shape index (κ3) is 3.00. The molecule has 0 aromatic carbocycles. The summed E-state index contributed by atoms with van der Waals surface area (Å²) in [6, 6.07) is 0. The van der Waals surface area contributed by atoms with Gasteiger partial charge in [-0.25, -0.2) is 0 Å². The van der Waals surface area contributed by atoms with Crippen molar-refractivity contribution >= 4 is 0 Å². The van der Waals surface area contributed by atoms with E-state index in [0.717, 1.165) is 19.4 Å². The van der Waals surface area contributed by atoms with Gasteiger partial charge in [0.15, 0.2) is 5.82 Å². The van der Waals surface area contributed by atoms with Crippen LogP contribution in [-0.4, -0.2) is 29.9 Å². The zero-order valence-electron chi connectivity index (χ0n) is 9.03. The molecule has 84 valence electrons. The van der Waals surface area contributed by atoms with Crippen molar-refractivity contribution in [1.82, 2.24) is 15.5 Å². The minimum atomic E-state index is 0.265. The highest BCUT2D eigenvalue weighted by molar-refractivity contribution is 4.88. The van der Waals surface area contributed by atoms with E-state index in [-0.39, 0.29) is 6.10 Å². The van der Waals surface area contributed by atoms with E-state index in [2.05, 4.69) is 15.5 Å². The summed E-state index contributed by atoms with van der Waals surface area (Å²) in [4.78, 5) is 4.27. The maximum Gasteiger partial charge on any atom is 0.229 e. The molecule has 5 heteroatoms. The monoisotopic (exact) mass is 211 g/mol. The predicted molar refractivity (Wildman–Crippen MR) is 54.4 cm³/mol. The molecule has 1 aliphatic rings.